The number of amides is 3. The van der Waals surface area contributed by atoms with Crippen LogP contribution in [0.3, 0.4) is 0 Å². The predicted molar refractivity (Wildman–Crippen MR) is 93.3 cm³/mol. The lowest BCUT2D eigenvalue weighted by molar-refractivity contribution is 0.0997. The maximum atomic E-state index is 12.6. The van der Waals surface area contributed by atoms with Crippen molar-refractivity contribution in [1.82, 2.24) is 14.5 Å². The van der Waals surface area contributed by atoms with E-state index in [4.69, 9.17) is 5.73 Å². The summed E-state index contributed by atoms with van der Waals surface area (Å²) in [6.45, 7) is 1.28. The van der Waals surface area contributed by atoms with Crippen molar-refractivity contribution in [2.24, 2.45) is 5.73 Å². The highest BCUT2D eigenvalue weighted by molar-refractivity contribution is 5.98. The van der Waals surface area contributed by atoms with Gasteiger partial charge in [-0.2, -0.15) is 5.26 Å². The fraction of sp³-hybridized carbons (Fsp3) is 0.333. The van der Waals surface area contributed by atoms with E-state index in [0.717, 1.165) is 18.5 Å². The van der Waals surface area contributed by atoms with E-state index < -0.39 is 5.91 Å². The molecule has 4 rings (SSSR count). The summed E-state index contributed by atoms with van der Waals surface area (Å²) in [5.74, 6) is -0.306. The van der Waals surface area contributed by atoms with E-state index in [1.54, 1.807) is 29.4 Å². The van der Waals surface area contributed by atoms with Crippen molar-refractivity contribution in [2.75, 3.05) is 11.9 Å². The number of carbonyl (C=O) groups is 2. The molecule has 0 radical (unpaired) electrons. The third-order valence-electron chi connectivity index (χ3n) is 4.87. The fourth-order valence-electron chi connectivity index (χ4n) is 3.56. The number of pyridine rings is 1. The fourth-order valence-corrected chi connectivity index (χ4v) is 3.56. The Kier molecular flexibility index (Phi) is 3.84. The molecule has 0 atom stereocenters. The number of nitrogens with two attached hydrogens (primary N) is 1. The molecule has 0 unspecified atom stereocenters. The Balaban J connectivity index is 1.65. The van der Waals surface area contributed by atoms with Crippen LogP contribution in [0.15, 0.2) is 24.5 Å². The van der Waals surface area contributed by atoms with Gasteiger partial charge in [-0.3, -0.25) is 9.78 Å². The topological polar surface area (TPSA) is 117 Å². The summed E-state index contributed by atoms with van der Waals surface area (Å²) in [5.41, 5.74) is 8.36. The molecule has 2 aliphatic rings. The molecule has 0 spiro atoms. The van der Waals surface area contributed by atoms with Gasteiger partial charge in [-0.25, -0.2) is 4.79 Å². The lowest BCUT2D eigenvalue weighted by Gasteiger charge is -2.30. The second-order valence-electron chi connectivity index (χ2n) is 6.58. The van der Waals surface area contributed by atoms with E-state index in [1.807, 2.05) is 4.57 Å². The summed E-state index contributed by atoms with van der Waals surface area (Å²) >= 11 is 0. The number of hydrogen-bond donors (Lipinski definition) is 2. The van der Waals surface area contributed by atoms with Crippen molar-refractivity contribution in [3.63, 3.8) is 0 Å². The Hall–Kier alpha value is -3.34. The van der Waals surface area contributed by atoms with Gasteiger partial charge in [-0.05, 0) is 25.0 Å². The van der Waals surface area contributed by atoms with Gasteiger partial charge in [0.2, 0.25) is 0 Å². The van der Waals surface area contributed by atoms with Crippen LogP contribution in [0.1, 0.15) is 46.1 Å². The summed E-state index contributed by atoms with van der Waals surface area (Å²) < 4.78 is 2.02. The molecule has 2 aromatic heterocycles. The molecule has 1 fully saturated rings. The van der Waals surface area contributed by atoms with Gasteiger partial charge in [0.15, 0.2) is 0 Å². The smallest absolute Gasteiger partial charge is 0.322 e. The summed E-state index contributed by atoms with van der Waals surface area (Å²) in [4.78, 5) is 30.2. The number of hydrogen-bond acceptors (Lipinski definition) is 4. The van der Waals surface area contributed by atoms with Crippen LogP contribution in [0.25, 0.3) is 0 Å². The largest absolute Gasteiger partial charge is 0.366 e. The van der Waals surface area contributed by atoms with Gasteiger partial charge in [0.25, 0.3) is 5.91 Å². The van der Waals surface area contributed by atoms with Crippen LogP contribution < -0.4 is 11.1 Å². The Bertz CT molecular complexity index is 923. The Labute approximate surface area is 150 Å². The zero-order chi connectivity index (χ0) is 18.3. The van der Waals surface area contributed by atoms with Crippen LogP contribution in [0.4, 0.5) is 10.5 Å². The lowest BCUT2D eigenvalue weighted by atomic mass is 10.1. The second kappa shape index (κ2) is 6.19. The average molecular weight is 350 g/mol. The zero-order valence-electron chi connectivity index (χ0n) is 14.1. The van der Waals surface area contributed by atoms with Gasteiger partial charge in [-0.15, -0.1) is 0 Å². The van der Waals surface area contributed by atoms with E-state index in [9.17, 15) is 14.9 Å². The number of nitriles is 1. The number of nitrogens with one attached hydrogen (secondary N) is 1. The second-order valence-corrected chi connectivity index (χ2v) is 6.58. The highest BCUT2D eigenvalue weighted by Gasteiger charge is 2.37. The highest BCUT2D eigenvalue weighted by atomic mass is 16.2. The molecule has 26 heavy (non-hydrogen) atoms. The average Bonchev–Trinajstić information content (AvgIpc) is 3.42. The zero-order valence-corrected chi connectivity index (χ0v) is 14.1. The summed E-state index contributed by atoms with van der Waals surface area (Å²) in [6.07, 6.45) is 5.23. The van der Waals surface area contributed by atoms with Crippen molar-refractivity contribution in [1.29, 1.82) is 5.26 Å². The number of primary amides is 1. The summed E-state index contributed by atoms with van der Waals surface area (Å²) in [7, 11) is 0. The molecular weight excluding hydrogens is 332 g/mol. The van der Waals surface area contributed by atoms with Crippen LogP contribution in [0.2, 0.25) is 0 Å². The number of anilines is 1. The van der Waals surface area contributed by atoms with Gasteiger partial charge in [0, 0.05) is 30.9 Å². The van der Waals surface area contributed by atoms with Crippen molar-refractivity contribution >= 4 is 17.6 Å². The molecule has 1 saturated carbocycles. The number of aromatic nitrogens is 2. The van der Waals surface area contributed by atoms with Crippen molar-refractivity contribution in [2.45, 2.75) is 31.8 Å². The first-order valence-corrected chi connectivity index (χ1v) is 8.51. The van der Waals surface area contributed by atoms with Gasteiger partial charge in [0.1, 0.15) is 6.07 Å². The SMILES string of the molecule is N#Cc1c(C(N)=O)c2n(c1C1CC1)CCN(C(=O)Nc1cccnc1)C2. The minimum Gasteiger partial charge on any atom is -0.366 e. The number of carbonyl (C=O) groups excluding carboxylic acids is 2. The quantitative estimate of drug-likeness (QED) is 0.877. The van der Waals surface area contributed by atoms with Crippen LogP contribution in [0.5, 0.6) is 0 Å². The van der Waals surface area contributed by atoms with E-state index in [1.165, 1.54) is 0 Å². The third-order valence-corrected chi connectivity index (χ3v) is 4.87. The molecule has 8 nitrogen and oxygen atoms in total. The number of fused-ring (bicyclic) bond motifs is 1. The minimum absolute atomic E-state index is 0.242. The highest BCUT2D eigenvalue weighted by Crippen LogP contribution is 2.44. The van der Waals surface area contributed by atoms with Crippen LogP contribution in [-0.2, 0) is 13.1 Å². The third kappa shape index (κ3) is 2.67. The summed E-state index contributed by atoms with van der Waals surface area (Å²) in [6, 6.07) is 5.38. The van der Waals surface area contributed by atoms with Gasteiger partial charge < -0.3 is 20.5 Å². The molecule has 1 aliphatic carbocycles. The minimum atomic E-state index is -0.619. The van der Waals surface area contributed by atoms with Crippen molar-refractivity contribution < 1.29 is 9.59 Å². The molecule has 1 aliphatic heterocycles. The van der Waals surface area contributed by atoms with Crippen molar-refractivity contribution in [3.05, 3.63) is 47.0 Å². The van der Waals surface area contributed by atoms with Crippen molar-refractivity contribution in [3.8, 4) is 6.07 Å². The maximum absolute atomic E-state index is 12.6. The number of nitrogens with zero attached hydrogens (tertiary/aromatic N) is 4. The first-order chi connectivity index (χ1) is 12.6. The molecule has 3 amide bonds. The monoisotopic (exact) mass is 350 g/mol. The Morgan fingerprint density at radius 2 is 2.15 bits per heavy atom. The van der Waals surface area contributed by atoms with Crippen LogP contribution >= 0.6 is 0 Å². The Morgan fingerprint density at radius 1 is 1.35 bits per heavy atom. The molecular formula is C18H18N6O2. The van der Waals surface area contributed by atoms with E-state index in [-0.39, 0.29) is 18.1 Å². The van der Waals surface area contributed by atoms with Gasteiger partial charge >= 0.3 is 6.03 Å². The van der Waals surface area contributed by atoms with E-state index in [2.05, 4.69) is 16.4 Å². The molecule has 2 aromatic rings. The normalized spacial score (nSPS) is 15.9. The number of rotatable bonds is 3. The molecule has 8 heteroatoms. The van der Waals surface area contributed by atoms with Gasteiger partial charge in [-0.1, -0.05) is 0 Å². The Morgan fingerprint density at radius 3 is 2.77 bits per heavy atom. The van der Waals surface area contributed by atoms with Crippen LogP contribution in [0, 0.1) is 11.3 Å². The first-order valence-electron chi connectivity index (χ1n) is 8.51. The maximum Gasteiger partial charge on any atom is 0.322 e. The summed E-state index contributed by atoms with van der Waals surface area (Å²) in [5, 5.41) is 12.4. The van der Waals surface area contributed by atoms with Crippen LogP contribution in [-0.4, -0.2) is 32.9 Å². The predicted octanol–water partition coefficient (Wildman–Crippen LogP) is 1.78. The molecule has 3 heterocycles. The first kappa shape index (κ1) is 16.1. The molecule has 132 valence electrons. The number of urea groups is 1. The molecule has 0 saturated heterocycles. The van der Waals surface area contributed by atoms with Gasteiger partial charge in [0.05, 0.1) is 35.2 Å². The molecule has 3 N–H and O–H groups in total. The van der Waals surface area contributed by atoms with E-state index >= 15 is 0 Å². The molecule has 0 bridgehead atoms. The standard InChI is InChI=1S/C18H18N6O2/c19-8-13-15(17(20)25)14-10-23(6-7-24(14)16(13)11-3-4-11)18(26)22-12-2-1-5-21-9-12/h1-2,5,9,11H,3-4,6-7,10H2,(H2,20,25)(H,22,26). The lowest BCUT2D eigenvalue weighted by Crippen LogP contribution is -2.41. The molecule has 0 aromatic carbocycles. The van der Waals surface area contributed by atoms with E-state index in [0.29, 0.717) is 36.0 Å².